The lowest BCUT2D eigenvalue weighted by atomic mass is 10.1. The van der Waals surface area contributed by atoms with E-state index in [1.165, 1.54) is 17.2 Å². The summed E-state index contributed by atoms with van der Waals surface area (Å²) >= 11 is 1.96. The zero-order chi connectivity index (χ0) is 39.6. The molecular weight excluding hydrogens is 888 g/mol. The number of amides is 3. The van der Waals surface area contributed by atoms with Gasteiger partial charge < -0.3 is 55.0 Å². The van der Waals surface area contributed by atoms with Crippen LogP contribution in [0.15, 0.2) is 12.7 Å². The van der Waals surface area contributed by atoms with Crippen LogP contribution in [0.5, 0.6) is 0 Å². The Morgan fingerprint density at radius 1 is 0.906 bits per heavy atom. The molecule has 1 fully saturated rings. The molecule has 28 heteroatoms. The Labute approximate surface area is 316 Å². The first kappa shape index (κ1) is 45.2. The second-order valence-electron chi connectivity index (χ2n) is 11.6. The fraction of sp³-hybridized carbons (Fsp3) is 0.680. The molecule has 0 aromatic carbocycles. The fourth-order valence-corrected chi connectivity index (χ4v) is 8.17. The highest BCUT2D eigenvalue weighted by Gasteiger charge is 2.47. The van der Waals surface area contributed by atoms with E-state index >= 15 is 0 Å². The van der Waals surface area contributed by atoms with Crippen molar-refractivity contribution < 1.29 is 75.7 Å². The van der Waals surface area contributed by atoms with Gasteiger partial charge in [-0.05, 0) is 19.3 Å². The number of nitrogens with zero attached hydrogens (tertiary/aromatic N) is 6. The number of phosphoric ester groups is 1. The van der Waals surface area contributed by atoms with E-state index in [9.17, 15) is 48.1 Å². The van der Waals surface area contributed by atoms with Gasteiger partial charge in [-0.3, -0.25) is 23.5 Å². The summed E-state index contributed by atoms with van der Waals surface area (Å²) < 4.78 is 53.4. The second kappa shape index (κ2) is 20.1. The molecule has 0 spiro atoms. The molecule has 8 N–H and O–H groups in total. The summed E-state index contributed by atoms with van der Waals surface area (Å²) in [5.74, 6) is 0.0679. The number of carbonyl (C=O) groups excluding carboxylic acids is 3. The number of imidazole rings is 1. The molecule has 3 amide bonds. The number of halogens is 1. The van der Waals surface area contributed by atoms with Crippen LogP contribution in [0.2, 0.25) is 0 Å². The monoisotopic (exact) mass is 930 g/mol. The van der Waals surface area contributed by atoms with Crippen LogP contribution >= 0.6 is 46.1 Å². The summed E-state index contributed by atoms with van der Waals surface area (Å²) in [7, 11) is -13.5. The van der Waals surface area contributed by atoms with Crippen molar-refractivity contribution in [2.45, 2.75) is 56.6 Å². The van der Waals surface area contributed by atoms with E-state index in [4.69, 9.17) is 14.5 Å². The third-order valence-electron chi connectivity index (χ3n) is 7.50. The van der Waals surface area contributed by atoms with E-state index in [1.54, 1.807) is 23.9 Å². The maximum Gasteiger partial charge on any atom is 0.490 e. The highest BCUT2D eigenvalue weighted by atomic mass is 127. The van der Waals surface area contributed by atoms with Gasteiger partial charge in [0.15, 0.2) is 23.2 Å². The smallest absolute Gasteiger partial charge is 0.387 e. The molecule has 2 aromatic heterocycles. The van der Waals surface area contributed by atoms with Gasteiger partial charge in [-0.25, -0.2) is 28.6 Å². The molecule has 53 heavy (non-hydrogen) atoms. The number of fused-ring (bicyclic) bond motifs is 1. The van der Waals surface area contributed by atoms with Crippen molar-refractivity contribution in [1.29, 1.82) is 0 Å². The van der Waals surface area contributed by atoms with Gasteiger partial charge in [-0.15, -0.1) is 0 Å². The normalized spacial score (nSPS) is 21.2. The van der Waals surface area contributed by atoms with Gasteiger partial charge in [-0.2, -0.15) is 8.62 Å². The van der Waals surface area contributed by atoms with Crippen LogP contribution in [0, 0.1) is 0 Å². The molecule has 2 unspecified atom stereocenters. The average molecular weight is 930 g/mol. The summed E-state index contributed by atoms with van der Waals surface area (Å²) in [4.78, 5) is 88.3. The third kappa shape index (κ3) is 14.4. The first-order valence-corrected chi connectivity index (χ1v) is 21.8. The largest absolute Gasteiger partial charge is 0.490 e. The highest BCUT2D eigenvalue weighted by molar-refractivity contribution is 14.1. The molecule has 3 heterocycles. The van der Waals surface area contributed by atoms with Crippen LogP contribution in [0.25, 0.3) is 11.2 Å². The van der Waals surface area contributed by atoms with E-state index in [0.717, 1.165) is 0 Å². The average Bonchev–Trinajstić information content (AvgIpc) is 3.62. The zero-order valence-corrected chi connectivity index (χ0v) is 33.3. The van der Waals surface area contributed by atoms with Crippen LogP contribution in [-0.2, 0) is 46.0 Å². The van der Waals surface area contributed by atoms with Crippen molar-refractivity contribution in [1.82, 2.24) is 34.6 Å². The van der Waals surface area contributed by atoms with Crippen LogP contribution in [-0.4, -0.2) is 146 Å². The van der Waals surface area contributed by atoms with Gasteiger partial charge in [0, 0.05) is 53.1 Å². The first-order valence-electron chi connectivity index (χ1n) is 15.8. The predicted molar refractivity (Wildman–Crippen MR) is 190 cm³/mol. The van der Waals surface area contributed by atoms with Crippen molar-refractivity contribution >= 4 is 80.8 Å². The molecule has 6 atom stereocenters. The Balaban J connectivity index is 1.46. The number of aromatic nitrogens is 4. The number of rotatable bonds is 22. The van der Waals surface area contributed by atoms with Gasteiger partial charge >= 0.3 is 23.5 Å². The predicted octanol–water partition coefficient (Wildman–Crippen LogP) is -0.381. The van der Waals surface area contributed by atoms with Gasteiger partial charge in [0.2, 0.25) is 17.7 Å². The van der Waals surface area contributed by atoms with Crippen molar-refractivity contribution in [2.24, 2.45) is 0 Å². The lowest BCUT2D eigenvalue weighted by molar-refractivity contribution is -0.130. The van der Waals surface area contributed by atoms with Crippen molar-refractivity contribution in [3.05, 3.63) is 12.7 Å². The van der Waals surface area contributed by atoms with E-state index < -0.39 is 54.6 Å². The number of aliphatic hydroxyl groups is 2. The Morgan fingerprint density at radius 3 is 2.13 bits per heavy atom. The maximum absolute atomic E-state index is 12.7. The van der Waals surface area contributed by atoms with Crippen LogP contribution in [0.1, 0.15) is 38.3 Å². The Morgan fingerprint density at radius 2 is 1.53 bits per heavy atom. The van der Waals surface area contributed by atoms with Crippen LogP contribution in [0.3, 0.4) is 0 Å². The number of aliphatic hydroxyl groups excluding tert-OH is 2. The van der Waals surface area contributed by atoms with E-state index in [0.29, 0.717) is 56.3 Å². The van der Waals surface area contributed by atoms with E-state index in [-0.39, 0.29) is 41.1 Å². The van der Waals surface area contributed by atoms with Gasteiger partial charge in [0.25, 0.3) is 0 Å². The summed E-state index contributed by atoms with van der Waals surface area (Å²) in [6, 6.07) is 0. The molecule has 3 rings (SSSR count). The second-order valence-corrected chi connectivity index (χ2v) is 16.8. The number of ether oxygens (including phenoxy) is 1. The van der Waals surface area contributed by atoms with Crippen LogP contribution in [0.4, 0.5) is 5.82 Å². The molecule has 0 radical (unpaired) electrons. The minimum Gasteiger partial charge on any atom is -0.387 e. The molecule has 24 nitrogen and oxygen atoms in total. The minimum atomic E-state index is -5.77. The number of alkyl halides is 1. The zero-order valence-electron chi connectivity index (χ0n) is 28.4. The molecule has 1 saturated heterocycles. The van der Waals surface area contributed by atoms with Crippen molar-refractivity contribution in [3.63, 3.8) is 0 Å². The standard InChI is InChI=1S/C25H42IN8O16P3/c1-32(18(36)6-3-8-27-17(35)12-26)10-5-11-33(2)19(37)7-4-9-28-23-20-24(30-14-29-23)34(15-31-20)25-22(39)21(38)16(48-25)13-47-52(43,44)50-53(45,46)49-51(40,41)42/h14-16,21-22,25,38-39H,3-13H2,1-2H3,(H,27,35)(H,43,44)(H,45,46)(H,28,29,30)(H2,40,41,42)/t16-,21-,22-,25-/m1/s1. The summed E-state index contributed by atoms with van der Waals surface area (Å²) in [5, 5.41) is 26.9. The summed E-state index contributed by atoms with van der Waals surface area (Å²) in [5.41, 5.74) is 0.386. The molecule has 0 aliphatic carbocycles. The minimum absolute atomic E-state index is 0.0427. The number of anilines is 1. The SMILES string of the molecule is CN(CCCN(C)C(=O)CCCNc1ncnc2c1ncn2[C@@H]1O[C@H](COP(=O)(O)OP(=O)(O)OP(=O)(O)O)[C@@H](O)[C@H]1O)C(=O)CCCNC(=O)CI. The maximum atomic E-state index is 12.7. The Hall–Kier alpha value is -2.22. The molecule has 1 aliphatic rings. The van der Waals surface area contributed by atoms with Crippen LogP contribution < -0.4 is 10.6 Å². The van der Waals surface area contributed by atoms with Gasteiger partial charge in [0.1, 0.15) is 24.6 Å². The topological polar surface area (TPSA) is 335 Å². The Bertz CT molecular complexity index is 1720. The molecule has 1 aliphatic heterocycles. The van der Waals surface area contributed by atoms with E-state index in [1.807, 2.05) is 22.6 Å². The molecule has 0 bridgehead atoms. The van der Waals surface area contributed by atoms with Crippen molar-refractivity contribution in [2.75, 3.05) is 56.6 Å². The Kier molecular flexibility index (Phi) is 17.1. The number of nitrogens with one attached hydrogen (secondary N) is 2. The van der Waals surface area contributed by atoms with Crippen molar-refractivity contribution in [3.8, 4) is 0 Å². The molecule has 2 aromatic rings. The fourth-order valence-electron chi connectivity index (χ4n) is 4.87. The number of carbonyl (C=O) groups is 3. The summed E-state index contributed by atoms with van der Waals surface area (Å²) in [6.45, 7) is 0.672. The lowest BCUT2D eigenvalue weighted by Gasteiger charge is -2.21. The number of phosphoric acid groups is 3. The van der Waals surface area contributed by atoms with Gasteiger partial charge in [-0.1, -0.05) is 22.6 Å². The van der Waals surface area contributed by atoms with E-state index in [2.05, 4.69) is 38.7 Å². The molecule has 300 valence electrons. The lowest BCUT2D eigenvalue weighted by Crippen LogP contribution is -2.33. The van der Waals surface area contributed by atoms with Gasteiger partial charge in [0.05, 0.1) is 17.4 Å². The third-order valence-corrected chi connectivity index (χ3v) is 12.0. The first-order chi connectivity index (χ1) is 24.7. The molecular formula is C25H42IN8O16P3. The number of hydrogen-bond donors (Lipinski definition) is 8. The quantitative estimate of drug-likeness (QED) is 0.0323. The molecule has 0 saturated carbocycles. The number of hydrogen-bond acceptors (Lipinski definition) is 16. The summed E-state index contributed by atoms with van der Waals surface area (Å²) in [6.07, 6.45) is -1.79. The highest BCUT2D eigenvalue weighted by Crippen LogP contribution is 2.66.